The van der Waals surface area contributed by atoms with Gasteiger partial charge >= 0.3 is 6.03 Å². The number of imide groups is 1. The predicted octanol–water partition coefficient (Wildman–Crippen LogP) is 3.61. The quantitative estimate of drug-likeness (QED) is 0.438. The van der Waals surface area contributed by atoms with Crippen LogP contribution in [0.1, 0.15) is 23.6 Å². The summed E-state index contributed by atoms with van der Waals surface area (Å²) < 4.78 is 5.48. The van der Waals surface area contributed by atoms with Gasteiger partial charge in [0, 0.05) is 5.56 Å². The monoisotopic (exact) mass is 378 g/mol. The van der Waals surface area contributed by atoms with Gasteiger partial charge in [-0.1, -0.05) is 36.4 Å². The van der Waals surface area contributed by atoms with E-state index in [1.165, 1.54) is 0 Å². The highest BCUT2D eigenvalue weighted by atomic mass is 16.5. The van der Waals surface area contributed by atoms with Crippen molar-refractivity contribution < 1.29 is 19.4 Å². The number of rotatable bonds is 7. The number of benzene rings is 2. The number of hydrogen-bond donors (Lipinski definition) is 2. The van der Waals surface area contributed by atoms with Gasteiger partial charge < -0.3 is 15.2 Å². The lowest BCUT2D eigenvalue weighted by atomic mass is 10.0. The van der Waals surface area contributed by atoms with Gasteiger partial charge in [-0.3, -0.25) is 9.69 Å². The van der Waals surface area contributed by atoms with Crippen LogP contribution in [0.5, 0.6) is 11.5 Å². The summed E-state index contributed by atoms with van der Waals surface area (Å²) in [5, 5.41) is 12.9. The molecule has 0 radical (unpaired) electrons. The summed E-state index contributed by atoms with van der Waals surface area (Å²) in [5.41, 5.74) is 2.32. The topological polar surface area (TPSA) is 78.9 Å². The van der Waals surface area contributed by atoms with Crippen LogP contribution in [0.4, 0.5) is 4.79 Å². The maximum absolute atomic E-state index is 12.7. The summed E-state index contributed by atoms with van der Waals surface area (Å²) in [6.07, 6.45) is 3.70. The number of hydrogen-bond acceptors (Lipinski definition) is 4. The van der Waals surface area contributed by atoms with E-state index in [9.17, 15) is 14.7 Å². The Morgan fingerprint density at radius 1 is 1.21 bits per heavy atom. The van der Waals surface area contributed by atoms with Gasteiger partial charge in [-0.15, -0.1) is 6.58 Å². The summed E-state index contributed by atoms with van der Waals surface area (Å²) >= 11 is 0. The molecule has 0 aromatic heterocycles. The Labute approximate surface area is 163 Å². The van der Waals surface area contributed by atoms with Crippen LogP contribution in [0.3, 0.4) is 0 Å². The highest BCUT2D eigenvalue weighted by Crippen LogP contribution is 2.33. The van der Waals surface area contributed by atoms with Gasteiger partial charge in [0.25, 0.3) is 5.91 Å². The third-order valence-electron chi connectivity index (χ3n) is 4.30. The molecular weight excluding hydrogens is 356 g/mol. The van der Waals surface area contributed by atoms with Crippen LogP contribution in [0.2, 0.25) is 0 Å². The minimum atomic E-state index is -0.463. The van der Waals surface area contributed by atoms with Crippen molar-refractivity contribution in [2.45, 2.75) is 19.9 Å². The van der Waals surface area contributed by atoms with E-state index in [0.29, 0.717) is 29.9 Å². The van der Waals surface area contributed by atoms with Crippen LogP contribution in [0, 0.1) is 0 Å². The van der Waals surface area contributed by atoms with Crippen molar-refractivity contribution in [3.63, 3.8) is 0 Å². The third-order valence-corrected chi connectivity index (χ3v) is 4.30. The molecule has 0 atom stereocenters. The Balaban J connectivity index is 1.89. The van der Waals surface area contributed by atoms with Gasteiger partial charge in [0.15, 0.2) is 11.5 Å². The third kappa shape index (κ3) is 4.06. The van der Waals surface area contributed by atoms with E-state index in [2.05, 4.69) is 11.9 Å². The molecule has 0 saturated carbocycles. The molecule has 1 aliphatic heterocycles. The number of phenolic OH excluding ortho intramolecular Hbond substituents is 1. The maximum atomic E-state index is 12.7. The number of nitrogens with one attached hydrogen (secondary N) is 1. The molecule has 3 amide bonds. The molecule has 2 aromatic rings. The van der Waals surface area contributed by atoms with Crippen molar-refractivity contribution in [3.05, 3.63) is 77.5 Å². The normalized spacial score (nSPS) is 15.0. The van der Waals surface area contributed by atoms with Crippen LogP contribution >= 0.6 is 0 Å². The first kappa shape index (κ1) is 19.2. The average Bonchev–Trinajstić information content (AvgIpc) is 2.94. The molecule has 1 aliphatic rings. The number of carbonyl (C=O) groups is 2. The van der Waals surface area contributed by atoms with Crippen LogP contribution in [-0.2, 0) is 17.8 Å². The fourth-order valence-electron chi connectivity index (χ4n) is 3.00. The zero-order valence-electron chi connectivity index (χ0n) is 15.6. The van der Waals surface area contributed by atoms with Gasteiger partial charge in [-0.2, -0.15) is 0 Å². The van der Waals surface area contributed by atoms with Crippen molar-refractivity contribution in [2.75, 3.05) is 6.61 Å². The summed E-state index contributed by atoms with van der Waals surface area (Å²) in [6, 6.07) is 12.2. The molecule has 1 saturated heterocycles. The largest absolute Gasteiger partial charge is 0.504 e. The minimum Gasteiger partial charge on any atom is -0.504 e. The second kappa shape index (κ2) is 8.43. The minimum absolute atomic E-state index is 0.0522. The number of amides is 3. The first-order valence-corrected chi connectivity index (χ1v) is 9.01. The number of carbonyl (C=O) groups excluding carboxylic acids is 2. The molecule has 28 heavy (non-hydrogen) atoms. The molecule has 6 heteroatoms. The van der Waals surface area contributed by atoms with Crippen molar-refractivity contribution in [1.29, 1.82) is 0 Å². The predicted molar refractivity (Wildman–Crippen MR) is 107 cm³/mol. The molecule has 0 bridgehead atoms. The summed E-state index contributed by atoms with van der Waals surface area (Å²) in [6.45, 7) is 6.10. The second-order valence-corrected chi connectivity index (χ2v) is 6.32. The van der Waals surface area contributed by atoms with Crippen molar-refractivity contribution in [2.24, 2.45) is 0 Å². The van der Waals surface area contributed by atoms with Crippen molar-refractivity contribution >= 4 is 18.0 Å². The number of urea groups is 1. The van der Waals surface area contributed by atoms with Crippen molar-refractivity contribution in [1.82, 2.24) is 10.2 Å². The molecule has 144 valence electrons. The van der Waals surface area contributed by atoms with Gasteiger partial charge in [0.1, 0.15) is 5.70 Å². The van der Waals surface area contributed by atoms with Crippen LogP contribution < -0.4 is 10.1 Å². The lowest BCUT2D eigenvalue weighted by Crippen LogP contribution is -2.30. The molecule has 0 aliphatic carbocycles. The molecule has 2 N–H and O–H groups in total. The first-order valence-electron chi connectivity index (χ1n) is 9.01. The number of nitrogens with zero attached hydrogens (tertiary/aromatic N) is 1. The van der Waals surface area contributed by atoms with E-state index in [-0.39, 0.29) is 18.0 Å². The van der Waals surface area contributed by atoms with E-state index in [1.807, 2.05) is 37.3 Å². The van der Waals surface area contributed by atoms with Gasteiger partial charge in [-0.05, 0) is 42.7 Å². The van der Waals surface area contributed by atoms with Crippen LogP contribution in [-0.4, -0.2) is 28.6 Å². The number of phenols is 1. The van der Waals surface area contributed by atoms with Crippen LogP contribution in [0.25, 0.3) is 6.08 Å². The zero-order chi connectivity index (χ0) is 20.1. The van der Waals surface area contributed by atoms with E-state index in [4.69, 9.17) is 4.74 Å². The summed E-state index contributed by atoms with van der Waals surface area (Å²) in [7, 11) is 0. The Morgan fingerprint density at radius 2 is 1.96 bits per heavy atom. The second-order valence-electron chi connectivity index (χ2n) is 6.32. The molecule has 0 unspecified atom stereocenters. The zero-order valence-corrected chi connectivity index (χ0v) is 15.6. The molecule has 2 aromatic carbocycles. The van der Waals surface area contributed by atoms with Crippen molar-refractivity contribution in [3.8, 4) is 11.5 Å². The van der Waals surface area contributed by atoms with Gasteiger partial charge in [0.05, 0.1) is 13.2 Å². The average molecular weight is 378 g/mol. The number of aromatic hydroxyl groups is 1. The highest BCUT2D eigenvalue weighted by molar-refractivity contribution is 6.13. The Kier molecular flexibility index (Phi) is 5.79. The standard InChI is InChI=1S/C22H22N2O4/c1-3-8-17-11-16(13-19(20(17)25)28-4-2)12-18-21(26)24(22(27)23-18)14-15-9-6-5-7-10-15/h3,5-7,9-13,25H,1,4,8,14H2,2H3,(H,23,27)/b18-12+. The summed E-state index contributed by atoms with van der Waals surface area (Å²) in [5.74, 6) is -0.0202. The Bertz CT molecular complexity index is 935. The fourth-order valence-corrected chi connectivity index (χ4v) is 3.00. The van der Waals surface area contributed by atoms with Gasteiger partial charge in [0.2, 0.25) is 0 Å². The lowest BCUT2D eigenvalue weighted by molar-refractivity contribution is -0.123. The smallest absolute Gasteiger partial charge is 0.329 e. The lowest BCUT2D eigenvalue weighted by Gasteiger charge is -2.12. The fraction of sp³-hybridized carbons (Fsp3) is 0.182. The highest BCUT2D eigenvalue weighted by Gasteiger charge is 2.33. The maximum Gasteiger partial charge on any atom is 0.329 e. The summed E-state index contributed by atoms with van der Waals surface area (Å²) in [4.78, 5) is 26.1. The Morgan fingerprint density at radius 3 is 2.64 bits per heavy atom. The molecule has 1 fully saturated rings. The molecule has 3 rings (SSSR count). The van der Waals surface area contributed by atoms with E-state index < -0.39 is 11.9 Å². The van der Waals surface area contributed by atoms with Gasteiger partial charge in [-0.25, -0.2) is 4.79 Å². The molecule has 1 heterocycles. The number of ether oxygens (including phenoxy) is 1. The SMILES string of the molecule is C=CCc1cc(/C=C2/NC(=O)N(Cc3ccccc3)C2=O)cc(OCC)c1O. The molecular formula is C22H22N2O4. The Hall–Kier alpha value is -3.54. The van der Waals surface area contributed by atoms with E-state index in [0.717, 1.165) is 10.5 Å². The molecule has 6 nitrogen and oxygen atoms in total. The van der Waals surface area contributed by atoms with E-state index >= 15 is 0 Å². The van der Waals surface area contributed by atoms with Crippen LogP contribution in [0.15, 0.2) is 60.8 Å². The first-order chi connectivity index (χ1) is 13.5. The van der Waals surface area contributed by atoms with E-state index in [1.54, 1.807) is 24.3 Å². The molecule has 0 spiro atoms. The number of allylic oxidation sites excluding steroid dienone is 1.